The molecular weight excluding hydrogens is 104 g/mol. The highest BCUT2D eigenvalue weighted by Crippen LogP contribution is 1.74. The number of allylic oxidation sites excluding steroid dienone is 3. The minimum absolute atomic E-state index is 0.863. The molecule has 0 aromatic carbocycles. The fourth-order valence-electron chi connectivity index (χ4n) is 0.193. The van der Waals surface area contributed by atoms with Crippen LogP contribution < -0.4 is 0 Å². The Hall–Kier alpha value is -1.05. The van der Waals surface area contributed by atoms with Crippen molar-refractivity contribution in [3.05, 3.63) is 24.3 Å². The molecule has 0 spiro atoms. The van der Waals surface area contributed by atoms with E-state index in [9.17, 15) is 4.79 Å². The molecule has 0 radical (unpaired) electrons. The molecule has 0 rings (SSSR count). The van der Waals surface area contributed by atoms with Crippen LogP contribution in [0, 0.1) is 0 Å². The van der Waals surface area contributed by atoms with Crippen molar-refractivity contribution in [2.75, 3.05) is 0 Å². The normalized spacial score (nSPS) is 18.2. The first kappa shape index (κ1) is 3.07. The number of aliphatic carboxylic acids is 1. The summed E-state index contributed by atoms with van der Waals surface area (Å²) >= 11 is 0. The number of hydrogen-bond acceptors (Lipinski definition) is 1. The quantitative estimate of drug-likeness (QED) is 0.433. The first-order valence-electron chi connectivity index (χ1n) is 3.51. The van der Waals surface area contributed by atoms with Gasteiger partial charge in [-0.15, -0.1) is 0 Å². The smallest absolute Gasteiger partial charge is 0.328 e. The summed E-state index contributed by atoms with van der Waals surface area (Å²) in [6.07, 6.45) is 4.16. The lowest BCUT2D eigenvalue weighted by molar-refractivity contribution is -0.131. The van der Waals surface area contributed by atoms with E-state index in [1.165, 1.54) is 6.08 Å². The molecule has 0 aliphatic rings. The van der Waals surface area contributed by atoms with Gasteiger partial charge < -0.3 is 5.11 Å². The molecule has 0 aliphatic carbocycles. The summed E-state index contributed by atoms with van der Waals surface area (Å²) in [6.45, 7) is -2.14. The third-order valence-corrected chi connectivity index (χ3v) is 0.446. The van der Waals surface area contributed by atoms with E-state index in [-0.39, 0.29) is 0 Å². The van der Waals surface area contributed by atoms with E-state index in [0.29, 0.717) is 0 Å². The number of hydrogen-bond donors (Lipinski definition) is 1. The van der Waals surface area contributed by atoms with E-state index in [4.69, 9.17) is 9.22 Å². The maximum absolute atomic E-state index is 9.86. The molecule has 0 amide bonds. The third-order valence-electron chi connectivity index (χ3n) is 0.446. The SMILES string of the molecule is [2H]C([2H])([2H])/C=C/C=C/C(=O)O. The van der Waals surface area contributed by atoms with Gasteiger partial charge in [-0.3, -0.25) is 0 Å². The van der Waals surface area contributed by atoms with Gasteiger partial charge in [-0.25, -0.2) is 4.79 Å². The number of rotatable bonds is 2. The minimum atomic E-state index is -2.14. The van der Waals surface area contributed by atoms with Gasteiger partial charge in [-0.05, 0) is 6.85 Å². The van der Waals surface area contributed by atoms with Crippen molar-refractivity contribution in [2.24, 2.45) is 0 Å². The highest BCUT2D eigenvalue weighted by molar-refractivity contribution is 5.80. The van der Waals surface area contributed by atoms with Crippen LogP contribution in [0.3, 0.4) is 0 Å². The first-order valence-corrected chi connectivity index (χ1v) is 2.01. The van der Waals surface area contributed by atoms with Gasteiger partial charge in [-0.1, -0.05) is 18.2 Å². The molecular formula is C6H8O2. The second kappa shape index (κ2) is 4.12. The second-order valence-corrected chi connectivity index (χ2v) is 1.06. The van der Waals surface area contributed by atoms with Gasteiger partial charge in [0.25, 0.3) is 0 Å². The molecule has 0 aromatic heterocycles. The Bertz CT molecular complexity index is 190. The predicted octanol–water partition coefficient (Wildman–Crippen LogP) is 1.20. The molecule has 0 bridgehead atoms. The molecule has 8 heavy (non-hydrogen) atoms. The van der Waals surface area contributed by atoms with E-state index in [0.717, 1.165) is 18.2 Å². The largest absolute Gasteiger partial charge is 0.478 e. The van der Waals surface area contributed by atoms with Gasteiger partial charge in [-0.2, -0.15) is 0 Å². The average molecular weight is 115 g/mol. The second-order valence-electron chi connectivity index (χ2n) is 1.06. The van der Waals surface area contributed by atoms with Gasteiger partial charge in [0, 0.05) is 10.2 Å². The first-order chi connectivity index (χ1) is 4.92. The molecule has 0 saturated heterocycles. The summed E-state index contributed by atoms with van der Waals surface area (Å²) in [6, 6.07) is 0. The summed E-state index contributed by atoms with van der Waals surface area (Å²) in [5.74, 6) is -1.10. The predicted molar refractivity (Wildman–Crippen MR) is 31.6 cm³/mol. The van der Waals surface area contributed by atoms with Crippen LogP contribution >= 0.6 is 0 Å². The van der Waals surface area contributed by atoms with Crippen molar-refractivity contribution in [3.8, 4) is 0 Å². The number of carboxylic acids is 1. The van der Waals surface area contributed by atoms with Crippen molar-refractivity contribution < 1.29 is 14.0 Å². The van der Waals surface area contributed by atoms with Gasteiger partial charge in [0.15, 0.2) is 0 Å². The van der Waals surface area contributed by atoms with Crippen LogP contribution in [-0.4, -0.2) is 11.1 Å². The molecule has 0 fully saturated rings. The Morgan fingerprint density at radius 1 is 1.75 bits per heavy atom. The minimum Gasteiger partial charge on any atom is -0.478 e. The molecule has 0 atom stereocenters. The van der Waals surface area contributed by atoms with Crippen LogP contribution in [0.25, 0.3) is 0 Å². The summed E-state index contributed by atoms with van der Waals surface area (Å²) in [4.78, 5) is 9.86. The Morgan fingerprint density at radius 2 is 2.50 bits per heavy atom. The highest BCUT2D eigenvalue weighted by atomic mass is 16.4. The lowest BCUT2D eigenvalue weighted by atomic mass is 10.4. The van der Waals surface area contributed by atoms with E-state index in [1.807, 2.05) is 0 Å². The zero-order valence-electron chi connectivity index (χ0n) is 7.16. The fourth-order valence-corrected chi connectivity index (χ4v) is 0.193. The lowest BCUT2D eigenvalue weighted by Gasteiger charge is -1.72. The molecule has 0 heterocycles. The van der Waals surface area contributed by atoms with Crippen LogP contribution in [0.5, 0.6) is 0 Å². The topological polar surface area (TPSA) is 37.3 Å². The molecule has 0 aliphatic heterocycles. The van der Waals surface area contributed by atoms with Crippen LogP contribution in [0.15, 0.2) is 24.3 Å². The monoisotopic (exact) mass is 115 g/mol. The molecule has 2 heteroatoms. The summed E-state index contributed by atoms with van der Waals surface area (Å²) in [5.41, 5.74) is 0. The van der Waals surface area contributed by atoms with Gasteiger partial charge >= 0.3 is 5.97 Å². The molecule has 44 valence electrons. The van der Waals surface area contributed by atoms with Crippen LogP contribution in [0.2, 0.25) is 0 Å². The van der Waals surface area contributed by atoms with Crippen LogP contribution in [0.1, 0.15) is 11.0 Å². The Balaban J connectivity index is 3.88. The van der Waals surface area contributed by atoms with E-state index >= 15 is 0 Å². The number of carbonyl (C=O) groups is 1. The van der Waals surface area contributed by atoms with E-state index in [1.54, 1.807) is 0 Å². The standard InChI is InChI=1S/C6H8O2/c1-2-3-4-5-6(7)8/h2-5H,1H3,(H,7,8)/b3-2+,5-4+/i1D3. The summed E-state index contributed by atoms with van der Waals surface area (Å²) < 4.78 is 20.0. The van der Waals surface area contributed by atoms with Crippen molar-refractivity contribution in [2.45, 2.75) is 6.85 Å². The molecule has 0 aromatic rings. The van der Waals surface area contributed by atoms with Gasteiger partial charge in [0.1, 0.15) is 0 Å². The van der Waals surface area contributed by atoms with Gasteiger partial charge in [0.2, 0.25) is 0 Å². The maximum atomic E-state index is 9.86. The highest BCUT2D eigenvalue weighted by Gasteiger charge is 1.78. The van der Waals surface area contributed by atoms with E-state index < -0.39 is 12.8 Å². The zero-order valence-corrected chi connectivity index (χ0v) is 4.16. The number of carboxylic acid groups (broad SMARTS) is 1. The summed E-state index contributed by atoms with van der Waals surface area (Å²) in [5, 5.41) is 8.08. The maximum Gasteiger partial charge on any atom is 0.328 e. The summed E-state index contributed by atoms with van der Waals surface area (Å²) in [7, 11) is 0. The van der Waals surface area contributed by atoms with E-state index in [2.05, 4.69) is 0 Å². The molecule has 0 saturated carbocycles. The molecule has 2 nitrogen and oxygen atoms in total. The molecule has 1 N–H and O–H groups in total. The Kier molecular flexibility index (Phi) is 1.58. The fraction of sp³-hybridized carbons (Fsp3) is 0.167. The van der Waals surface area contributed by atoms with Gasteiger partial charge in [0.05, 0.1) is 0 Å². The molecule has 0 unspecified atom stereocenters. The Labute approximate surface area is 52.4 Å². The lowest BCUT2D eigenvalue weighted by Crippen LogP contribution is -1.83. The third kappa shape index (κ3) is 4.95. The zero-order chi connectivity index (χ0) is 8.91. The van der Waals surface area contributed by atoms with Crippen molar-refractivity contribution in [1.82, 2.24) is 0 Å². The van der Waals surface area contributed by atoms with Crippen molar-refractivity contribution in [1.29, 1.82) is 0 Å². The van der Waals surface area contributed by atoms with Crippen LogP contribution in [-0.2, 0) is 4.79 Å². The van der Waals surface area contributed by atoms with Crippen LogP contribution in [0.4, 0.5) is 0 Å². The van der Waals surface area contributed by atoms with Crippen molar-refractivity contribution >= 4 is 5.97 Å². The average Bonchev–Trinajstić information content (AvgIpc) is 1.78. The Morgan fingerprint density at radius 3 is 3.00 bits per heavy atom. The van der Waals surface area contributed by atoms with Crippen molar-refractivity contribution in [3.63, 3.8) is 0 Å².